The summed E-state index contributed by atoms with van der Waals surface area (Å²) in [5.41, 5.74) is 8.88. The molecule has 5 nitrogen and oxygen atoms in total. The van der Waals surface area contributed by atoms with E-state index in [2.05, 4.69) is 29.5 Å². The normalized spacial score (nSPS) is 12.2. The highest BCUT2D eigenvalue weighted by atomic mass is 16.2. The van der Waals surface area contributed by atoms with Crippen LogP contribution in [0.15, 0.2) is 30.5 Å². The molecule has 2 rings (SSSR count). The van der Waals surface area contributed by atoms with Gasteiger partial charge in [-0.2, -0.15) is 5.10 Å². The number of nitrogens with two attached hydrogens (primary N) is 1. The molecule has 0 aliphatic rings. The Hall–Kier alpha value is -2.30. The minimum absolute atomic E-state index is 0.0808. The lowest BCUT2D eigenvalue weighted by Crippen LogP contribution is -2.29. The lowest BCUT2D eigenvalue weighted by Gasteiger charge is -2.15. The molecule has 0 saturated heterocycles. The van der Waals surface area contributed by atoms with Crippen molar-refractivity contribution in [1.29, 1.82) is 0 Å². The number of nitrogens with one attached hydrogen (secondary N) is 1. The Kier molecular flexibility index (Phi) is 4.08. The van der Waals surface area contributed by atoms with Crippen molar-refractivity contribution in [3.8, 4) is 0 Å². The van der Waals surface area contributed by atoms with E-state index in [1.807, 2.05) is 19.1 Å². The van der Waals surface area contributed by atoms with Crippen molar-refractivity contribution in [3.05, 3.63) is 47.3 Å². The second-order valence-electron chi connectivity index (χ2n) is 4.86. The highest BCUT2D eigenvalue weighted by Crippen LogP contribution is 2.16. The number of anilines is 1. The molecule has 0 spiro atoms. The molecule has 3 N–H and O–H groups in total. The third-order valence-corrected chi connectivity index (χ3v) is 3.42. The van der Waals surface area contributed by atoms with Crippen molar-refractivity contribution < 1.29 is 4.79 Å². The first-order valence-electron chi connectivity index (χ1n) is 6.70. The molecule has 1 amide bonds. The second-order valence-corrected chi connectivity index (χ2v) is 4.86. The zero-order valence-corrected chi connectivity index (χ0v) is 12.1. The first kappa shape index (κ1) is 14.1. The molecule has 2 aromatic rings. The summed E-state index contributed by atoms with van der Waals surface area (Å²) >= 11 is 0. The molecule has 1 heterocycles. The van der Waals surface area contributed by atoms with Gasteiger partial charge < -0.3 is 11.1 Å². The summed E-state index contributed by atoms with van der Waals surface area (Å²) < 4.78 is 1.48. The smallest absolute Gasteiger partial charge is 0.272 e. The van der Waals surface area contributed by atoms with Crippen LogP contribution in [-0.4, -0.2) is 15.7 Å². The van der Waals surface area contributed by atoms with Crippen molar-refractivity contribution in [2.45, 2.75) is 26.3 Å². The molecule has 0 saturated carbocycles. The molecule has 106 valence electrons. The number of hydrogen-bond donors (Lipinski definition) is 2. The highest BCUT2D eigenvalue weighted by molar-refractivity contribution is 5.97. The summed E-state index contributed by atoms with van der Waals surface area (Å²) in [7, 11) is 1.70. The largest absolute Gasteiger partial charge is 0.396 e. The molecular weight excluding hydrogens is 252 g/mol. The molecule has 1 aromatic heterocycles. The van der Waals surface area contributed by atoms with Gasteiger partial charge in [0, 0.05) is 7.05 Å². The number of hydrogen-bond acceptors (Lipinski definition) is 3. The first-order valence-corrected chi connectivity index (χ1v) is 6.70. The fourth-order valence-corrected chi connectivity index (χ4v) is 2.12. The molecule has 5 heteroatoms. The molecule has 1 unspecified atom stereocenters. The van der Waals surface area contributed by atoms with Crippen LogP contribution in [0.2, 0.25) is 0 Å². The molecule has 1 atom stereocenters. The van der Waals surface area contributed by atoms with Gasteiger partial charge in [-0.05, 0) is 24.5 Å². The maximum Gasteiger partial charge on any atom is 0.272 e. The fourth-order valence-electron chi connectivity index (χ4n) is 2.12. The number of carbonyl (C=O) groups is 1. The Balaban J connectivity index is 2.11. The van der Waals surface area contributed by atoms with E-state index >= 15 is 0 Å². The molecular formula is C15H20N4O. The number of benzene rings is 1. The van der Waals surface area contributed by atoms with Crippen LogP contribution in [0.5, 0.6) is 0 Å². The predicted molar refractivity (Wildman–Crippen MR) is 79.3 cm³/mol. The van der Waals surface area contributed by atoms with Crippen molar-refractivity contribution in [3.63, 3.8) is 0 Å². The summed E-state index contributed by atoms with van der Waals surface area (Å²) in [4.78, 5) is 12.2. The van der Waals surface area contributed by atoms with Gasteiger partial charge in [-0.15, -0.1) is 0 Å². The van der Waals surface area contributed by atoms with E-state index in [-0.39, 0.29) is 11.9 Å². The van der Waals surface area contributed by atoms with Gasteiger partial charge in [0.1, 0.15) is 5.69 Å². The highest BCUT2D eigenvalue weighted by Gasteiger charge is 2.17. The van der Waals surface area contributed by atoms with Crippen LogP contribution in [0.3, 0.4) is 0 Å². The summed E-state index contributed by atoms with van der Waals surface area (Å²) in [6.07, 6.45) is 2.49. The van der Waals surface area contributed by atoms with Crippen molar-refractivity contribution in [2.75, 3.05) is 5.73 Å². The lowest BCUT2D eigenvalue weighted by molar-refractivity contribution is 0.0931. The monoisotopic (exact) mass is 272 g/mol. The number of carbonyl (C=O) groups excluding carboxylic acids is 1. The standard InChI is InChI=1S/C15H20N4O/c1-4-11-5-7-12(8-6-11)10(2)18-15(20)14-13(16)9-17-19(14)3/h5-10H,4,16H2,1-3H3,(H,18,20). The fraction of sp³-hybridized carbons (Fsp3) is 0.333. The number of rotatable bonds is 4. The summed E-state index contributed by atoms with van der Waals surface area (Å²) in [5, 5.41) is 6.91. The molecule has 0 aliphatic carbocycles. The van der Waals surface area contributed by atoms with E-state index in [0.29, 0.717) is 11.4 Å². The Morgan fingerprint density at radius 1 is 1.40 bits per heavy atom. The number of nitrogens with zero attached hydrogens (tertiary/aromatic N) is 2. The van der Waals surface area contributed by atoms with Gasteiger partial charge in [0.05, 0.1) is 17.9 Å². The number of nitrogen functional groups attached to an aromatic ring is 1. The maximum absolute atomic E-state index is 12.2. The van der Waals surface area contributed by atoms with Gasteiger partial charge in [0.2, 0.25) is 0 Å². The number of aryl methyl sites for hydroxylation is 2. The Labute approximate surface area is 118 Å². The van der Waals surface area contributed by atoms with Gasteiger partial charge in [0.15, 0.2) is 0 Å². The van der Waals surface area contributed by atoms with Gasteiger partial charge in [-0.1, -0.05) is 31.2 Å². The van der Waals surface area contributed by atoms with Crippen LogP contribution in [0.1, 0.15) is 41.5 Å². The van der Waals surface area contributed by atoms with Crippen molar-refractivity contribution in [1.82, 2.24) is 15.1 Å². The van der Waals surface area contributed by atoms with Gasteiger partial charge in [-0.25, -0.2) is 0 Å². The van der Waals surface area contributed by atoms with Crippen LogP contribution in [-0.2, 0) is 13.5 Å². The van der Waals surface area contributed by atoms with E-state index < -0.39 is 0 Å². The average molecular weight is 272 g/mol. The minimum atomic E-state index is -0.213. The maximum atomic E-state index is 12.2. The van der Waals surface area contributed by atoms with Crippen LogP contribution in [0, 0.1) is 0 Å². The third-order valence-electron chi connectivity index (χ3n) is 3.42. The van der Waals surface area contributed by atoms with Crippen molar-refractivity contribution >= 4 is 11.6 Å². The van der Waals surface area contributed by atoms with E-state index in [1.165, 1.54) is 16.4 Å². The second kappa shape index (κ2) is 5.77. The van der Waals surface area contributed by atoms with E-state index in [4.69, 9.17) is 5.73 Å². The van der Waals surface area contributed by atoms with E-state index in [1.54, 1.807) is 7.05 Å². The third kappa shape index (κ3) is 2.82. The van der Waals surface area contributed by atoms with Crippen LogP contribution in [0.4, 0.5) is 5.69 Å². The lowest BCUT2D eigenvalue weighted by atomic mass is 10.0. The molecule has 20 heavy (non-hydrogen) atoms. The van der Waals surface area contributed by atoms with Crippen LogP contribution < -0.4 is 11.1 Å². The summed E-state index contributed by atoms with van der Waals surface area (Å²) in [6.45, 7) is 4.07. The van der Waals surface area contributed by atoms with Crippen molar-refractivity contribution in [2.24, 2.45) is 7.05 Å². The predicted octanol–water partition coefficient (Wildman–Crippen LogP) is 2.06. The number of amides is 1. The zero-order chi connectivity index (χ0) is 14.7. The SMILES string of the molecule is CCc1ccc(C(C)NC(=O)c2c(N)cnn2C)cc1. The zero-order valence-electron chi connectivity index (χ0n) is 12.1. The summed E-state index contributed by atoms with van der Waals surface area (Å²) in [6, 6.07) is 8.15. The molecule has 0 bridgehead atoms. The molecule has 0 fully saturated rings. The topological polar surface area (TPSA) is 72.9 Å². The molecule has 0 aliphatic heterocycles. The van der Waals surface area contributed by atoms with Gasteiger partial charge >= 0.3 is 0 Å². The Bertz CT molecular complexity index is 581. The van der Waals surface area contributed by atoms with Gasteiger partial charge in [0.25, 0.3) is 5.91 Å². The van der Waals surface area contributed by atoms with E-state index in [9.17, 15) is 4.79 Å². The summed E-state index contributed by atoms with van der Waals surface area (Å²) in [5.74, 6) is -0.213. The average Bonchev–Trinajstić information content (AvgIpc) is 2.78. The van der Waals surface area contributed by atoms with E-state index in [0.717, 1.165) is 12.0 Å². The Morgan fingerprint density at radius 2 is 2.05 bits per heavy atom. The quantitative estimate of drug-likeness (QED) is 0.894. The van der Waals surface area contributed by atoms with Crippen LogP contribution in [0.25, 0.3) is 0 Å². The molecule has 0 radical (unpaired) electrons. The first-order chi connectivity index (χ1) is 9.52. The Morgan fingerprint density at radius 3 is 2.55 bits per heavy atom. The van der Waals surface area contributed by atoms with Crippen LogP contribution >= 0.6 is 0 Å². The minimum Gasteiger partial charge on any atom is -0.396 e. The number of aromatic nitrogens is 2. The van der Waals surface area contributed by atoms with Gasteiger partial charge in [-0.3, -0.25) is 9.48 Å². The molecule has 1 aromatic carbocycles.